The van der Waals surface area contributed by atoms with Crippen molar-refractivity contribution in [1.29, 1.82) is 0 Å². The highest BCUT2D eigenvalue weighted by atomic mass is 32.2. The van der Waals surface area contributed by atoms with Gasteiger partial charge in [-0.2, -0.15) is 8.42 Å². The summed E-state index contributed by atoms with van der Waals surface area (Å²) in [7, 11) is -4.45. The second-order valence-corrected chi connectivity index (χ2v) is 12.7. The van der Waals surface area contributed by atoms with Crippen LogP contribution in [-0.2, 0) is 14.9 Å². The highest BCUT2D eigenvalue weighted by Crippen LogP contribution is 2.12. The van der Waals surface area contributed by atoms with Crippen LogP contribution in [0, 0.1) is 0 Å². The zero-order valence-corrected chi connectivity index (χ0v) is 26.8. The number of carbonyl (C=O) groups excluding carboxylic acids is 1. The molecule has 4 N–H and O–H groups in total. The smallest absolute Gasteiger partial charge is 0.267 e. The minimum atomic E-state index is -4.45. The van der Waals surface area contributed by atoms with Crippen LogP contribution in [-0.4, -0.2) is 53.1 Å². The summed E-state index contributed by atoms with van der Waals surface area (Å²) in [6.45, 7) is 4.41. The van der Waals surface area contributed by atoms with Crippen LogP contribution in [0.3, 0.4) is 0 Å². The summed E-state index contributed by atoms with van der Waals surface area (Å²) in [6.07, 6.45) is 30.9. The fourth-order valence-electron chi connectivity index (χ4n) is 4.59. The van der Waals surface area contributed by atoms with Crippen LogP contribution >= 0.6 is 0 Å². The van der Waals surface area contributed by atoms with E-state index < -0.39 is 40.0 Å². The van der Waals surface area contributed by atoms with E-state index in [0.717, 1.165) is 25.7 Å². The van der Waals surface area contributed by atoms with Gasteiger partial charge in [0.15, 0.2) is 0 Å². The Balaban J connectivity index is 4.27. The predicted octanol–water partition coefficient (Wildman–Crippen LogP) is 7.59. The molecule has 3 atom stereocenters. The summed E-state index contributed by atoms with van der Waals surface area (Å²) in [5.74, 6) is -1.61. The first kappa shape index (κ1) is 39.5. The largest absolute Gasteiger partial charge is 0.387 e. The van der Waals surface area contributed by atoms with Crippen molar-refractivity contribution in [3.8, 4) is 0 Å². The zero-order valence-electron chi connectivity index (χ0n) is 26.0. The first-order chi connectivity index (χ1) is 19.7. The van der Waals surface area contributed by atoms with Crippen LogP contribution in [0.5, 0.6) is 0 Å². The maximum Gasteiger partial charge on any atom is 0.267 e. The van der Waals surface area contributed by atoms with Crippen molar-refractivity contribution in [1.82, 2.24) is 5.32 Å². The Kier molecular flexibility index (Phi) is 26.4. The van der Waals surface area contributed by atoms with E-state index in [1.807, 2.05) is 12.2 Å². The molecule has 0 aromatic carbocycles. The molecule has 0 heterocycles. The first-order valence-corrected chi connectivity index (χ1v) is 17.9. The van der Waals surface area contributed by atoms with Crippen LogP contribution in [0.2, 0.25) is 0 Å². The normalized spacial score (nSPS) is 14.8. The minimum absolute atomic E-state index is 0.188. The molecule has 0 aliphatic heterocycles. The van der Waals surface area contributed by atoms with Crippen molar-refractivity contribution in [2.45, 2.75) is 161 Å². The van der Waals surface area contributed by atoms with Crippen LogP contribution in [0.15, 0.2) is 36.5 Å². The molecular weight excluding hydrogens is 538 g/mol. The number of carbonyl (C=O) groups is 1. The van der Waals surface area contributed by atoms with E-state index in [1.54, 1.807) is 6.08 Å². The molecule has 0 aliphatic rings. The summed E-state index contributed by atoms with van der Waals surface area (Å²) in [5.41, 5.74) is 0. The monoisotopic (exact) mass is 599 g/mol. The Morgan fingerprint density at radius 1 is 0.659 bits per heavy atom. The average Bonchev–Trinajstić information content (AvgIpc) is 2.92. The number of nitrogens with one attached hydrogen (secondary N) is 1. The van der Waals surface area contributed by atoms with E-state index >= 15 is 0 Å². The van der Waals surface area contributed by atoms with Gasteiger partial charge < -0.3 is 15.5 Å². The number of aliphatic hydroxyl groups excluding tert-OH is 2. The van der Waals surface area contributed by atoms with Crippen molar-refractivity contribution in [3.63, 3.8) is 0 Å². The number of hydrogen-bond acceptors (Lipinski definition) is 5. The van der Waals surface area contributed by atoms with E-state index in [9.17, 15) is 28.0 Å². The lowest BCUT2D eigenvalue weighted by molar-refractivity contribution is -0.130. The third-order valence-electron chi connectivity index (χ3n) is 7.15. The van der Waals surface area contributed by atoms with Gasteiger partial charge in [-0.15, -0.1) is 0 Å². The van der Waals surface area contributed by atoms with Gasteiger partial charge in [-0.3, -0.25) is 9.35 Å². The molecule has 0 fully saturated rings. The number of allylic oxidation sites excluding steroid dienone is 5. The third-order valence-corrected chi connectivity index (χ3v) is 7.94. The summed E-state index contributed by atoms with van der Waals surface area (Å²) in [6, 6.07) is -1.26. The van der Waals surface area contributed by atoms with Crippen LogP contribution in [0.1, 0.15) is 142 Å². The standard InChI is InChI=1S/C33H61NO6S/c1-3-5-7-9-11-13-14-15-16-17-18-19-20-22-23-25-27-31(35)30(29-41(38,39)40)34-33(37)32(36)28-26-24-21-12-10-8-6-4-2/h19-21,24-25,27,30-32,35-36H,3-18,22-23,26,28-29H2,1-2H3,(H,34,37)(H,38,39,40)/b20-19+,24-21-,27-25+. The van der Waals surface area contributed by atoms with E-state index in [0.29, 0.717) is 12.8 Å². The molecule has 7 nitrogen and oxygen atoms in total. The van der Waals surface area contributed by atoms with Crippen LogP contribution in [0.4, 0.5) is 0 Å². The topological polar surface area (TPSA) is 124 Å². The molecule has 0 bridgehead atoms. The lowest BCUT2D eigenvalue weighted by Gasteiger charge is -2.22. The van der Waals surface area contributed by atoms with Gasteiger partial charge in [0.1, 0.15) is 6.10 Å². The Morgan fingerprint density at radius 3 is 1.63 bits per heavy atom. The Morgan fingerprint density at radius 2 is 1.10 bits per heavy atom. The quantitative estimate of drug-likeness (QED) is 0.0417. The van der Waals surface area contributed by atoms with Crippen molar-refractivity contribution < 1.29 is 28.0 Å². The Labute approximate surface area is 251 Å². The van der Waals surface area contributed by atoms with Gasteiger partial charge in [0, 0.05) is 0 Å². The fourth-order valence-corrected chi connectivity index (χ4v) is 5.32. The molecule has 8 heteroatoms. The number of aliphatic hydroxyl groups is 2. The van der Waals surface area contributed by atoms with Crippen molar-refractivity contribution >= 4 is 16.0 Å². The van der Waals surface area contributed by atoms with Crippen LogP contribution < -0.4 is 5.32 Å². The third kappa shape index (κ3) is 27.1. The van der Waals surface area contributed by atoms with Gasteiger partial charge in [-0.1, -0.05) is 127 Å². The number of unbranched alkanes of at least 4 members (excludes halogenated alkanes) is 15. The molecule has 1 amide bonds. The fraction of sp³-hybridized carbons (Fsp3) is 0.788. The van der Waals surface area contributed by atoms with Gasteiger partial charge in [-0.25, -0.2) is 0 Å². The summed E-state index contributed by atoms with van der Waals surface area (Å²) < 4.78 is 32.2. The Hall–Kier alpha value is -1.48. The summed E-state index contributed by atoms with van der Waals surface area (Å²) in [5, 5.41) is 23.0. The van der Waals surface area contributed by atoms with E-state index in [-0.39, 0.29) is 6.42 Å². The second-order valence-electron chi connectivity index (χ2n) is 11.2. The summed E-state index contributed by atoms with van der Waals surface area (Å²) >= 11 is 0. The maximum atomic E-state index is 12.4. The Bertz CT molecular complexity index is 809. The molecule has 0 aliphatic carbocycles. The lowest BCUT2D eigenvalue weighted by atomic mass is 10.1. The number of amides is 1. The highest BCUT2D eigenvalue weighted by molar-refractivity contribution is 7.85. The van der Waals surface area contributed by atoms with Gasteiger partial charge in [-0.05, 0) is 51.4 Å². The van der Waals surface area contributed by atoms with E-state index in [4.69, 9.17) is 0 Å². The average molecular weight is 600 g/mol. The maximum absolute atomic E-state index is 12.4. The predicted molar refractivity (Wildman–Crippen MR) is 171 cm³/mol. The first-order valence-electron chi connectivity index (χ1n) is 16.3. The number of hydrogen-bond donors (Lipinski definition) is 4. The number of rotatable bonds is 28. The molecule has 0 aromatic rings. The molecule has 41 heavy (non-hydrogen) atoms. The van der Waals surface area contributed by atoms with E-state index in [2.05, 4.69) is 31.3 Å². The summed E-state index contributed by atoms with van der Waals surface area (Å²) in [4.78, 5) is 12.4. The molecule has 0 spiro atoms. The van der Waals surface area contributed by atoms with Crippen molar-refractivity contribution in [3.05, 3.63) is 36.5 Å². The molecule has 0 saturated heterocycles. The molecule has 240 valence electrons. The van der Waals surface area contributed by atoms with Gasteiger partial charge in [0.25, 0.3) is 10.1 Å². The van der Waals surface area contributed by atoms with Gasteiger partial charge >= 0.3 is 0 Å². The SMILES string of the molecule is CCCCCC/C=C\CCC(O)C(=O)NC(CS(=O)(=O)O)C(O)/C=C/CC/C=C/CCCCCCCCCCCC. The minimum Gasteiger partial charge on any atom is -0.387 e. The highest BCUT2D eigenvalue weighted by Gasteiger charge is 2.27. The van der Waals surface area contributed by atoms with Crippen molar-refractivity contribution in [2.24, 2.45) is 0 Å². The molecular formula is C33H61NO6S. The van der Waals surface area contributed by atoms with Crippen LogP contribution in [0.25, 0.3) is 0 Å². The van der Waals surface area contributed by atoms with Gasteiger partial charge in [0.2, 0.25) is 5.91 Å². The van der Waals surface area contributed by atoms with E-state index in [1.165, 1.54) is 89.5 Å². The molecule has 0 radical (unpaired) electrons. The molecule has 0 saturated carbocycles. The zero-order chi connectivity index (χ0) is 30.6. The molecule has 0 aromatic heterocycles. The molecule has 0 rings (SSSR count). The van der Waals surface area contributed by atoms with Crippen molar-refractivity contribution in [2.75, 3.05) is 5.75 Å². The lowest BCUT2D eigenvalue weighted by Crippen LogP contribution is -2.50. The molecule has 3 unspecified atom stereocenters. The second kappa shape index (κ2) is 27.4. The van der Waals surface area contributed by atoms with Gasteiger partial charge in [0.05, 0.1) is 17.9 Å².